The van der Waals surface area contributed by atoms with Gasteiger partial charge in [0.05, 0.1) is 0 Å². The van der Waals surface area contributed by atoms with E-state index >= 15 is 0 Å². The van der Waals surface area contributed by atoms with E-state index in [9.17, 15) is 0 Å². The van der Waals surface area contributed by atoms with Crippen LogP contribution in [0, 0.1) is 0 Å². The molecular weight excluding hydrogens is 388 g/mol. The zero-order valence-electron chi connectivity index (χ0n) is 17.3. The molecule has 2 heterocycles. The number of halogens is 1. The Morgan fingerprint density at radius 1 is 1.28 bits per heavy atom. The lowest BCUT2D eigenvalue weighted by molar-refractivity contribution is 0.203. The highest BCUT2D eigenvalue weighted by Crippen LogP contribution is 2.18. The van der Waals surface area contributed by atoms with Gasteiger partial charge >= 0.3 is 0 Å². The van der Waals surface area contributed by atoms with Crippen molar-refractivity contribution in [1.82, 2.24) is 25.7 Å². The van der Waals surface area contributed by atoms with Crippen LogP contribution in [0.3, 0.4) is 0 Å². The smallest absolute Gasteiger partial charge is 0.228 e. The number of piperidine rings is 1. The number of aromatic nitrogens is 2. The summed E-state index contributed by atoms with van der Waals surface area (Å²) in [6, 6.07) is 7.87. The van der Waals surface area contributed by atoms with Gasteiger partial charge in [0.25, 0.3) is 0 Å². The molecule has 0 saturated carbocycles. The minimum absolute atomic E-state index is 0.471. The second kappa shape index (κ2) is 11.2. The summed E-state index contributed by atoms with van der Waals surface area (Å²) in [5, 5.41) is 11.6. The van der Waals surface area contributed by atoms with Gasteiger partial charge in [-0.2, -0.15) is 4.98 Å². The van der Waals surface area contributed by atoms with Crippen molar-refractivity contribution >= 4 is 17.6 Å². The fourth-order valence-electron chi connectivity index (χ4n) is 3.43. The summed E-state index contributed by atoms with van der Waals surface area (Å²) < 4.78 is 5.36. The second-order valence-corrected chi connectivity index (χ2v) is 7.82. The van der Waals surface area contributed by atoms with Crippen LogP contribution < -0.4 is 10.6 Å². The molecule has 3 rings (SSSR count). The minimum atomic E-state index is 0.471. The number of unbranched alkanes of at least 4 members (excludes halogenated alkanes) is 1. The maximum absolute atomic E-state index is 5.92. The van der Waals surface area contributed by atoms with E-state index in [1.807, 2.05) is 24.3 Å². The van der Waals surface area contributed by atoms with Gasteiger partial charge in [0.2, 0.25) is 11.7 Å². The molecule has 0 amide bonds. The Kier molecular flexibility index (Phi) is 8.31. The summed E-state index contributed by atoms with van der Waals surface area (Å²) in [7, 11) is 1.80. The van der Waals surface area contributed by atoms with Crippen molar-refractivity contribution in [3.05, 3.63) is 35.2 Å². The number of rotatable bonds is 8. The normalized spacial score (nSPS) is 16.2. The quantitative estimate of drug-likeness (QED) is 0.505. The topological polar surface area (TPSA) is 78.6 Å². The standard InChI is InChI=1S/C21H31ClN6O/c1-3-4-13-28-14-10-18(11-15-28)25-21(23-2)24-12-9-19-26-20(27-29-19)16-5-7-17(22)8-6-16/h5-8,18H,3-4,9-15H2,1-2H3,(H2,23,24,25). The van der Waals surface area contributed by atoms with Crippen LogP contribution >= 0.6 is 11.6 Å². The van der Waals surface area contributed by atoms with Crippen LogP contribution in [0.4, 0.5) is 0 Å². The monoisotopic (exact) mass is 418 g/mol. The molecule has 2 aromatic rings. The van der Waals surface area contributed by atoms with Gasteiger partial charge < -0.3 is 20.1 Å². The first-order valence-electron chi connectivity index (χ1n) is 10.5. The Hall–Kier alpha value is -2.12. The zero-order chi connectivity index (χ0) is 20.5. The maximum Gasteiger partial charge on any atom is 0.228 e. The molecule has 158 valence electrons. The van der Waals surface area contributed by atoms with E-state index in [1.54, 1.807) is 7.05 Å². The van der Waals surface area contributed by atoms with Crippen LogP contribution in [0.25, 0.3) is 11.4 Å². The second-order valence-electron chi connectivity index (χ2n) is 7.38. The Bertz CT molecular complexity index is 768. The van der Waals surface area contributed by atoms with Crippen molar-refractivity contribution < 1.29 is 4.52 Å². The van der Waals surface area contributed by atoms with Crippen molar-refractivity contribution in [3.63, 3.8) is 0 Å². The van der Waals surface area contributed by atoms with Crippen molar-refractivity contribution in [1.29, 1.82) is 0 Å². The molecule has 1 fully saturated rings. The lowest BCUT2D eigenvalue weighted by Gasteiger charge is -2.33. The third kappa shape index (κ3) is 6.72. The highest BCUT2D eigenvalue weighted by Gasteiger charge is 2.19. The average molecular weight is 419 g/mol. The van der Waals surface area contributed by atoms with E-state index in [1.165, 1.54) is 19.4 Å². The fourth-order valence-corrected chi connectivity index (χ4v) is 3.56. The van der Waals surface area contributed by atoms with Gasteiger partial charge in [0.1, 0.15) is 0 Å². The molecule has 0 bridgehead atoms. The lowest BCUT2D eigenvalue weighted by Crippen LogP contribution is -2.49. The van der Waals surface area contributed by atoms with Crippen LogP contribution in [0.2, 0.25) is 5.02 Å². The van der Waals surface area contributed by atoms with Gasteiger partial charge in [0, 0.05) is 49.7 Å². The molecule has 0 spiro atoms. The van der Waals surface area contributed by atoms with Crippen LogP contribution in [-0.2, 0) is 6.42 Å². The summed E-state index contributed by atoms with van der Waals surface area (Å²) in [4.78, 5) is 11.4. The number of likely N-dealkylation sites (tertiary alicyclic amines) is 1. The van der Waals surface area contributed by atoms with Gasteiger partial charge in [-0.05, 0) is 50.1 Å². The van der Waals surface area contributed by atoms with E-state index in [0.717, 1.165) is 37.5 Å². The molecule has 7 nitrogen and oxygen atoms in total. The first-order valence-corrected chi connectivity index (χ1v) is 10.8. The molecule has 0 aliphatic carbocycles. The number of aliphatic imine (C=N–C) groups is 1. The fraction of sp³-hybridized carbons (Fsp3) is 0.571. The van der Waals surface area contributed by atoms with Gasteiger partial charge in [-0.15, -0.1) is 0 Å². The molecule has 1 aliphatic heterocycles. The van der Waals surface area contributed by atoms with Gasteiger partial charge in [-0.1, -0.05) is 30.1 Å². The molecule has 0 atom stereocenters. The summed E-state index contributed by atoms with van der Waals surface area (Å²) in [6.07, 6.45) is 5.49. The SMILES string of the molecule is CCCCN1CCC(NC(=NC)NCCc2nc(-c3ccc(Cl)cc3)no2)CC1. The third-order valence-electron chi connectivity index (χ3n) is 5.18. The van der Waals surface area contributed by atoms with E-state index in [-0.39, 0.29) is 0 Å². The molecule has 8 heteroatoms. The average Bonchev–Trinajstić information content (AvgIpc) is 3.22. The number of hydrogen-bond donors (Lipinski definition) is 2. The first kappa shape index (κ1) is 21.6. The Morgan fingerprint density at radius 3 is 2.72 bits per heavy atom. The Morgan fingerprint density at radius 2 is 2.03 bits per heavy atom. The van der Waals surface area contributed by atoms with E-state index in [0.29, 0.717) is 35.7 Å². The molecular formula is C21H31ClN6O. The molecule has 2 N–H and O–H groups in total. The molecule has 1 saturated heterocycles. The van der Waals surface area contributed by atoms with Crippen molar-refractivity contribution in [3.8, 4) is 11.4 Å². The number of nitrogens with one attached hydrogen (secondary N) is 2. The molecule has 1 aromatic carbocycles. The molecule has 0 unspecified atom stereocenters. The lowest BCUT2D eigenvalue weighted by atomic mass is 10.0. The van der Waals surface area contributed by atoms with Crippen molar-refractivity contribution in [2.45, 2.75) is 45.1 Å². The molecule has 0 radical (unpaired) electrons. The van der Waals surface area contributed by atoms with Crippen LogP contribution in [-0.4, -0.2) is 60.3 Å². The number of nitrogens with zero attached hydrogens (tertiary/aromatic N) is 4. The Labute approximate surface area is 177 Å². The number of guanidine groups is 1. The van der Waals surface area contributed by atoms with Crippen LogP contribution in [0.1, 0.15) is 38.5 Å². The van der Waals surface area contributed by atoms with Gasteiger partial charge in [-0.25, -0.2) is 0 Å². The number of hydrogen-bond acceptors (Lipinski definition) is 5. The summed E-state index contributed by atoms with van der Waals surface area (Å²) >= 11 is 5.92. The van der Waals surface area contributed by atoms with E-state index in [2.05, 4.69) is 37.6 Å². The Balaban J connectivity index is 1.40. The van der Waals surface area contributed by atoms with Gasteiger partial charge in [-0.3, -0.25) is 4.99 Å². The van der Waals surface area contributed by atoms with Crippen LogP contribution in [0.5, 0.6) is 0 Å². The van der Waals surface area contributed by atoms with E-state index in [4.69, 9.17) is 16.1 Å². The number of benzene rings is 1. The van der Waals surface area contributed by atoms with Crippen LogP contribution in [0.15, 0.2) is 33.8 Å². The van der Waals surface area contributed by atoms with E-state index < -0.39 is 0 Å². The molecule has 1 aliphatic rings. The highest BCUT2D eigenvalue weighted by molar-refractivity contribution is 6.30. The maximum atomic E-state index is 5.92. The van der Waals surface area contributed by atoms with Gasteiger partial charge in [0.15, 0.2) is 5.96 Å². The zero-order valence-corrected chi connectivity index (χ0v) is 18.1. The first-order chi connectivity index (χ1) is 14.2. The predicted molar refractivity (Wildman–Crippen MR) is 117 cm³/mol. The third-order valence-corrected chi connectivity index (χ3v) is 5.43. The minimum Gasteiger partial charge on any atom is -0.356 e. The van der Waals surface area contributed by atoms with Crippen molar-refractivity contribution in [2.24, 2.45) is 4.99 Å². The largest absolute Gasteiger partial charge is 0.356 e. The predicted octanol–water partition coefficient (Wildman–Crippen LogP) is 3.36. The van der Waals surface area contributed by atoms with Crippen molar-refractivity contribution in [2.75, 3.05) is 33.2 Å². The summed E-state index contributed by atoms with van der Waals surface area (Å²) in [6.45, 7) is 6.46. The summed E-state index contributed by atoms with van der Waals surface area (Å²) in [5.41, 5.74) is 0.889. The molecule has 29 heavy (non-hydrogen) atoms. The highest BCUT2D eigenvalue weighted by atomic mass is 35.5. The molecule has 1 aromatic heterocycles. The summed E-state index contributed by atoms with van der Waals surface area (Å²) in [5.74, 6) is 2.01.